The van der Waals surface area contributed by atoms with Crippen molar-refractivity contribution in [3.8, 4) is 5.88 Å². The number of carboxylic acid groups (broad SMARTS) is 1. The molecule has 0 radical (unpaired) electrons. The van der Waals surface area contributed by atoms with Gasteiger partial charge in [-0.2, -0.15) is 0 Å². The van der Waals surface area contributed by atoms with Crippen LogP contribution in [0.1, 0.15) is 68.4 Å². The van der Waals surface area contributed by atoms with Crippen molar-refractivity contribution in [3.63, 3.8) is 0 Å². The molecule has 1 aliphatic carbocycles. The fourth-order valence-corrected chi connectivity index (χ4v) is 4.68. The summed E-state index contributed by atoms with van der Waals surface area (Å²) in [6.07, 6.45) is 7.49. The summed E-state index contributed by atoms with van der Waals surface area (Å²) in [4.78, 5) is 16.9. The lowest BCUT2D eigenvalue weighted by Gasteiger charge is -2.31. The van der Waals surface area contributed by atoms with Gasteiger partial charge in [0.1, 0.15) is 0 Å². The van der Waals surface area contributed by atoms with Gasteiger partial charge in [0.15, 0.2) is 11.7 Å². The van der Waals surface area contributed by atoms with Crippen molar-refractivity contribution >= 4 is 27.8 Å². The molecular formula is C26H29NO5. The number of carbonyl (C=O) groups is 1. The molecule has 0 saturated carbocycles. The fraction of sp³-hybridized carbons (Fsp3) is 0.385. The molecule has 6 nitrogen and oxygen atoms in total. The van der Waals surface area contributed by atoms with Gasteiger partial charge in [-0.25, -0.2) is 9.78 Å². The molecule has 2 N–H and O–H groups in total. The first-order valence-corrected chi connectivity index (χ1v) is 10.8. The Labute approximate surface area is 187 Å². The third kappa shape index (κ3) is 3.69. The van der Waals surface area contributed by atoms with Gasteiger partial charge in [-0.1, -0.05) is 23.8 Å². The molecule has 2 heterocycles. The van der Waals surface area contributed by atoms with Crippen LogP contribution in [0.2, 0.25) is 0 Å². The zero-order valence-electron chi connectivity index (χ0n) is 19.3. The summed E-state index contributed by atoms with van der Waals surface area (Å²) in [5, 5.41) is 22.3. The third-order valence-corrected chi connectivity index (χ3v) is 6.03. The molecule has 32 heavy (non-hydrogen) atoms. The smallest absolute Gasteiger partial charge is 0.337 e. The number of nitrogens with zero attached hydrogens (tertiary/aromatic N) is 1. The summed E-state index contributed by atoms with van der Waals surface area (Å²) in [5.41, 5.74) is 4.55. The van der Waals surface area contributed by atoms with Crippen LogP contribution >= 0.6 is 0 Å². The van der Waals surface area contributed by atoms with E-state index in [0.717, 1.165) is 28.3 Å². The summed E-state index contributed by atoms with van der Waals surface area (Å²) in [6, 6.07) is 1.82. The van der Waals surface area contributed by atoms with Crippen molar-refractivity contribution in [1.29, 1.82) is 0 Å². The van der Waals surface area contributed by atoms with Crippen LogP contribution in [0.25, 0.3) is 21.9 Å². The van der Waals surface area contributed by atoms with Gasteiger partial charge in [-0.05, 0) is 70.7 Å². The van der Waals surface area contributed by atoms with E-state index in [2.05, 4.69) is 30.1 Å². The highest BCUT2D eigenvalue weighted by Crippen LogP contribution is 2.45. The average Bonchev–Trinajstić information content (AvgIpc) is 3.19. The third-order valence-electron chi connectivity index (χ3n) is 6.03. The lowest BCUT2D eigenvalue weighted by atomic mass is 9.79. The van der Waals surface area contributed by atoms with Crippen LogP contribution < -0.4 is 0 Å². The quantitative estimate of drug-likeness (QED) is 0.504. The van der Waals surface area contributed by atoms with Crippen LogP contribution in [0.5, 0.6) is 5.88 Å². The molecular weight excluding hydrogens is 406 g/mol. The summed E-state index contributed by atoms with van der Waals surface area (Å²) in [5.74, 6) is -1.26. The second kappa shape index (κ2) is 7.78. The van der Waals surface area contributed by atoms with E-state index in [9.17, 15) is 15.0 Å². The van der Waals surface area contributed by atoms with E-state index in [1.165, 1.54) is 11.8 Å². The van der Waals surface area contributed by atoms with Crippen molar-refractivity contribution in [3.05, 3.63) is 58.4 Å². The predicted molar refractivity (Wildman–Crippen MR) is 124 cm³/mol. The van der Waals surface area contributed by atoms with E-state index in [1.807, 2.05) is 40.7 Å². The van der Waals surface area contributed by atoms with Crippen molar-refractivity contribution < 1.29 is 24.2 Å². The molecule has 2 atom stereocenters. The van der Waals surface area contributed by atoms with E-state index < -0.39 is 17.7 Å². The summed E-state index contributed by atoms with van der Waals surface area (Å²) in [6.45, 7) is 11.4. The van der Waals surface area contributed by atoms with Crippen molar-refractivity contribution in [2.45, 2.75) is 65.6 Å². The molecule has 1 aliphatic rings. The Balaban J connectivity index is 2.12. The second-order valence-electron chi connectivity index (χ2n) is 9.50. The number of ether oxygens (including phenoxy) is 1. The molecule has 0 bridgehead atoms. The minimum absolute atomic E-state index is 0.00188. The van der Waals surface area contributed by atoms with Gasteiger partial charge >= 0.3 is 5.97 Å². The monoisotopic (exact) mass is 435 g/mol. The number of hydrogen-bond acceptors (Lipinski definition) is 5. The highest BCUT2D eigenvalue weighted by molar-refractivity contribution is 6.09. The summed E-state index contributed by atoms with van der Waals surface area (Å²) >= 11 is 0. The maximum absolute atomic E-state index is 12.5. The number of aliphatic carboxylic acids is 1. The Morgan fingerprint density at radius 2 is 1.97 bits per heavy atom. The van der Waals surface area contributed by atoms with Crippen LogP contribution in [-0.2, 0) is 9.53 Å². The van der Waals surface area contributed by atoms with Gasteiger partial charge in [-0.3, -0.25) is 0 Å². The first-order chi connectivity index (χ1) is 15.0. The first kappa shape index (κ1) is 22.1. The van der Waals surface area contributed by atoms with Crippen molar-refractivity contribution in [2.75, 3.05) is 0 Å². The Kier molecular flexibility index (Phi) is 5.37. The topological polar surface area (TPSA) is 92.8 Å². The van der Waals surface area contributed by atoms with Gasteiger partial charge in [0.2, 0.25) is 0 Å². The zero-order valence-corrected chi connectivity index (χ0v) is 19.3. The van der Waals surface area contributed by atoms with Crippen LogP contribution in [0, 0.1) is 13.8 Å². The molecule has 4 rings (SSSR count). The number of furan rings is 1. The fourth-order valence-electron chi connectivity index (χ4n) is 4.68. The average molecular weight is 436 g/mol. The normalized spacial score (nSPS) is 17.7. The van der Waals surface area contributed by atoms with Gasteiger partial charge in [0, 0.05) is 22.3 Å². The molecule has 168 valence electrons. The second-order valence-corrected chi connectivity index (χ2v) is 9.50. The maximum Gasteiger partial charge on any atom is 0.337 e. The number of hydrogen-bond donors (Lipinski definition) is 2. The number of pyridine rings is 1. The Morgan fingerprint density at radius 1 is 1.25 bits per heavy atom. The van der Waals surface area contributed by atoms with Gasteiger partial charge in [-0.15, -0.1) is 0 Å². The van der Waals surface area contributed by atoms with Crippen LogP contribution in [0.4, 0.5) is 0 Å². The highest BCUT2D eigenvalue weighted by atomic mass is 16.5. The molecule has 0 aliphatic heterocycles. The van der Waals surface area contributed by atoms with Gasteiger partial charge in [0.05, 0.1) is 17.4 Å². The lowest BCUT2D eigenvalue weighted by molar-refractivity contribution is -0.160. The molecule has 3 aromatic rings. The Hall–Kier alpha value is -3.12. The van der Waals surface area contributed by atoms with Crippen LogP contribution in [0.15, 0.2) is 40.5 Å². The van der Waals surface area contributed by atoms with Crippen molar-refractivity contribution in [1.82, 2.24) is 4.98 Å². The SMILES string of the molecule is CC1=CCC(c2c([C@H](OC(C)(C)C)C(=O)O)c(C)c3nc(O)c4occc4c3c2C)C=C1. The van der Waals surface area contributed by atoms with Gasteiger partial charge in [0.25, 0.3) is 5.88 Å². The Bertz CT molecular complexity index is 1290. The number of aromatic hydroxyl groups is 1. The standard InChI is InChI=1S/C26H29NO5/c1-13-7-9-16(10-8-13)18-14(2)19-17-11-12-31-22(17)24(28)27-21(19)15(3)20(18)23(25(29)30)32-26(4,5)6/h7-9,11-12,16,23H,10H2,1-6H3,(H,27,28)(H,29,30)/t16?,23-/m0/s1. The minimum atomic E-state index is -1.17. The lowest BCUT2D eigenvalue weighted by Crippen LogP contribution is -2.29. The molecule has 1 unspecified atom stereocenters. The molecule has 0 amide bonds. The zero-order chi connectivity index (χ0) is 23.4. The summed E-state index contributed by atoms with van der Waals surface area (Å²) < 4.78 is 11.6. The molecule has 6 heteroatoms. The van der Waals surface area contributed by atoms with Crippen LogP contribution in [-0.4, -0.2) is 26.8 Å². The van der Waals surface area contributed by atoms with Crippen molar-refractivity contribution in [2.24, 2.45) is 0 Å². The molecule has 0 fully saturated rings. The molecule has 0 spiro atoms. The minimum Gasteiger partial charge on any atom is -0.491 e. The van der Waals surface area contributed by atoms with E-state index in [1.54, 1.807) is 0 Å². The first-order valence-electron chi connectivity index (χ1n) is 10.8. The molecule has 2 aromatic heterocycles. The molecule has 1 aromatic carbocycles. The van der Waals surface area contributed by atoms with Gasteiger partial charge < -0.3 is 19.4 Å². The molecule has 0 saturated heterocycles. The van der Waals surface area contributed by atoms with E-state index in [-0.39, 0.29) is 11.8 Å². The largest absolute Gasteiger partial charge is 0.491 e. The van der Waals surface area contributed by atoms with E-state index >= 15 is 0 Å². The van der Waals surface area contributed by atoms with Crippen LogP contribution in [0.3, 0.4) is 0 Å². The van der Waals surface area contributed by atoms with E-state index in [4.69, 9.17) is 9.15 Å². The maximum atomic E-state index is 12.5. The number of aromatic nitrogens is 1. The van der Waals surface area contributed by atoms with E-state index in [0.29, 0.717) is 22.2 Å². The number of aryl methyl sites for hydroxylation is 2. The number of rotatable bonds is 4. The predicted octanol–water partition coefficient (Wildman–Crippen LogP) is 6.23. The number of allylic oxidation sites excluding steroid dienone is 4. The highest BCUT2D eigenvalue weighted by Gasteiger charge is 2.34. The Morgan fingerprint density at radius 3 is 2.56 bits per heavy atom. The summed E-state index contributed by atoms with van der Waals surface area (Å²) in [7, 11) is 0. The number of fused-ring (bicyclic) bond motifs is 3. The number of carboxylic acids is 1. The number of benzene rings is 1.